The van der Waals surface area contributed by atoms with Crippen molar-refractivity contribution in [2.45, 2.75) is 108 Å². The van der Waals surface area contributed by atoms with Crippen LogP contribution in [0, 0.1) is 5.92 Å². The summed E-state index contributed by atoms with van der Waals surface area (Å²) in [6, 6.07) is -0.0716. The van der Waals surface area contributed by atoms with Gasteiger partial charge in [0.25, 0.3) is 0 Å². The van der Waals surface area contributed by atoms with Gasteiger partial charge in [-0.15, -0.1) is 6.58 Å². The summed E-state index contributed by atoms with van der Waals surface area (Å²) in [7, 11) is 0. The van der Waals surface area contributed by atoms with Crippen molar-refractivity contribution in [1.29, 1.82) is 0 Å². The predicted octanol–water partition coefficient (Wildman–Crippen LogP) is 12.1. The first-order chi connectivity index (χ1) is 25.5. The van der Waals surface area contributed by atoms with Crippen LogP contribution in [0.3, 0.4) is 0 Å². The van der Waals surface area contributed by atoms with Gasteiger partial charge < -0.3 is 21.3 Å². The number of carbonyl (C=O) groups excluding carboxylic acids is 1. The van der Waals surface area contributed by atoms with Crippen LogP contribution in [0.25, 0.3) is 0 Å². The fraction of sp³-hybridized carbons (Fsp3) is 0.375. The highest BCUT2D eigenvalue weighted by Crippen LogP contribution is 2.23. The Morgan fingerprint density at radius 2 is 1.46 bits per heavy atom. The lowest BCUT2D eigenvalue weighted by atomic mass is 10.00. The summed E-state index contributed by atoms with van der Waals surface area (Å²) in [6.45, 7) is 55.2. The van der Waals surface area contributed by atoms with E-state index in [4.69, 9.17) is 0 Å². The second-order valence-electron chi connectivity index (χ2n) is 12.9. The first kappa shape index (κ1) is 51.0. The zero-order valence-corrected chi connectivity index (χ0v) is 35.8. The quantitative estimate of drug-likeness (QED) is 0.0767. The third-order valence-electron chi connectivity index (χ3n) is 7.61. The maximum atomic E-state index is 11.9. The molecule has 1 amide bonds. The van der Waals surface area contributed by atoms with Gasteiger partial charge in [-0.3, -0.25) is 9.79 Å². The second-order valence-corrected chi connectivity index (χ2v) is 12.9. The molecular formula is C48H73N5O. The molecule has 0 aromatic carbocycles. The van der Waals surface area contributed by atoms with E-state index in [1.165, 1.54) is 5.57 Å². The van der Waals surface area contributed by atoms with Crippen LogP contribution in [0.15, 0.2) is 174 Å². The third-order valence-corrected chi connectivity index (χ3v) is 7.61. The van der Waals surface area contributed by atoms with E-state index in [1.807, 2.05) is 86.6 Å². The van der Waals surface area contributed by atoms with Crippen LogP contribution in [0.5, 0.6) is 0 Å². The van der Waals surface area contributed by atoms with Gasteiger partial charge in [-0.25, -0.2) is 0 Å². The average molecular weight is 736 g/mol. The number of hydrogen-bond donors (Lipinski definition) is 4. The van der Waals surface area contributed by atoms with Crippen molar-refractivity contribution in [2.24, 2.45) is 10.9 Å². The lowest BCUT2D eigenvalue weighted by Crippen LogP contribution is -2.30. The van der Waals surface area contributed by atoms with Crippen molar-refractivity contribution < 1.29 is 4.79 Å². The van der Waals surface area contributed by atoms with Gasteiger partial charge in [0.05, 0.1) is 17.5 Å². The molecule has 2 rings (SSSR count). The van der Waals surface area contributed by atoms with Crippen LogP contribution < -0.4 is 21.3 Å². The van der Waals surface area contributed by atoms with Crippen LogP contribution in [0.2, 0.25) is 0 Å². The zero-order chi connectivity index (χ0) is 42.0. The first-order valence-electron chi connectivity index (χ1n) is 19.2. The van der Waals surface area contributed by atoms with Crippen LogP contribution in [0.1, 0.15) is 102 Å². The SMILES string of the molecule is C=C(C)C.C=C1/C=C(C(=C)NC(=O)CC)\C=C/C(=C)C(NC(=C)/C(C)=C/C(=NC(=C)C)C(=C)NCC2C=CC(C)=C(NC(=C)CC)C=C2)CC1.CC.CC. The Balaban J connectivity index is 0. The summed E-state index contributed by atoms with van der Waals surface area (Å²) >= 11 is 0. The lowest BCUT2D eigenvalue weighted by molar-refractivity contribution is -0.120. The number of nitrogens with one attached hydrogen (secondary N) is 4. The molecule has 4 N–H and O–H groups in total. The Morgan fingerprint density at radius 3 is 2.02 bits per heavy atom. The van der Waals surface area contributed by atoms with E-state index in [2.05, 4.69) is 117 Å². The van der Waals surface area contributed by atoms with Gasteiger partial charge in [-0.05, 0) is 88.3 Å². The van der Waals surface area contributed by atoms with E-state index < -0.39 is 0 Å². The minimum absolute atomic E-state index is 0.0716. The molecule has 2 unspecified atom stereocenters. The van der Waals surface area contributed by atoms with Gasteiger partial charge in [-0.1, -0.05) is 135 Å². The Hall–Kier alpha value is -5.10. The van der Waals surface area contributed by atoms with Gasteiger partial charge in [0, 0.05) is 47.4 Å². The number of allylic oxidation sites excluding steroid dienone is 11. The third kappa shape index (κ3) is 21.4. The Labute approximate surface area is 330 Å². The van der Waals surface area contributed by atoms with Crippen molar-refractivity contribution in [3.63, 3.8) is 0 Å². The van der Waals surface area contributed by atoms with Crippen molar-refractivity contribution in [2.75, 3.05) is 6.54 Å². The lowest BCUT2D eigenvalue weighted by Gasteiger charge is -2.23. The molecule has 0 aromatic rings. The number of nitrogens with zero attached hydrogens (tertiary/aromatic N) is 1. The minimum atomic E-state index is -0.0829. The van der Waals surface area contributed by atoms with Gasteiger partial charge in [-0.2, -0.15) is 0 Å². The monoisotopic (exact) mass is 736 g/mol. The van der Waals surface area contributed by atoms with E-state index in [9.17, 15) is 4.79 Å². The largest absolute Gasteiger partial charge is 0.383 e. The summed E-state index contributed by atoms with van der Waals surface area (Å²) in [6.07, 6.45) is 19.2. The van der Waals surface area contributed by atoms with Gasteiger partial charge in [0.15, 0.2) is 0 Å². The Kier molecular flexibility index (Phi) is 26.8. The van der Waals surface area contributed by atoms with Crippen LogP contribution >= 0.6 is 0 Å². The van der Waals surface area contributed by atoms with E-state index in [1.54, 1.807) is 0 Å². The molecule has 6 heteroatoms. The average Bonchev–Trinajstić information content (AvgIpc) is 3.26. The molecular weight excluding hydrogens is 663 g/mol. The summed E-state index contributed by atoms with van der Waals surface area (Å²) in [5, 5.41) is 13.3. The molecule has 0 saturated carbocycles. The molecule has 6 nitrogen and oxygen atoms in total. The standard InChI is InChI=1S/C40H53N5O.C4H8.2C2H6/c1-13-31(9)43-37-22-19-35(18-16-28(37)6)25-41-34(12)39(42-26(3)4)24-30(8)32(10)44-38-21-15-27(5)23-36(20-17-29(38)7)33(11)45-40(46)14-2;1-4(2)3;2*1-2/h16-20,22-24,35,38,41,43-44H,3,5,7,9-15,21,25H2,1-2,4,6,8H3,(H,45,46);1H2,2-3H3;2*1-2H3/b20-17-,30-24+,36-23+,42-39?;;;. The normalized spacial score (nSPS) is 18.3. The molecule has 0 heterocycles. The fourth-order valence-electron chi connectivity index (χ4n) is 4.52. The molecule has 0 radical (unpaired) electrons. The molecule has 0 fully saturated rings. The van der Waals surface area contributed by atoms with E-state index in [0.717, 1.165) is 64.2 Å². The maximum Gasteiger partial charge on any atom is 0.224 e. The number of rotatable bonds is 15. The van der Waals surface area contributed by atoms with E-state index in [0.29, 0.717) is 35.8 Å². The molecule has 0 aliphatic heterocycles. The molecule has 54 heavy (non-hydrogen) atoms. The van der Waals surface area contributed by atoms with E-state index in [-0.39, 0.29) is 17.9 Å². The zero-order valence-electron chi connectivity index (χ0n) is 35.8. The predicted molar refractivity (Wildman–Crippen MR) is 242 cm³/mol. The van der Waals surface area contributed by atoms with Gasteiger partial charge in [0.1, 0.15) is 0 Å². The number of amides is 1. The summed E-state index contributed by atoms with van der Waals surface area (Å²) in [4.78, 5) is 16.6. The van der Waals surface area contributed by atoms with Gasteiger partial charge >= 0.3 is 0 Å². The smallest absolute Gasteiger partial charge is 0.224 e. The highest BCUT2D eigenvalue weighted by atomic mass is 16.1. The van der Waals surface area contributed by atoms with Crippen LogP contribution in [0.4, 0.5) is 0 Å². The van der Waals surface area contributed by atoms with Crippen molar-refractivity contribution in [3.8, 4) is 0 Å². The molecule has 0 bridgehead atoms. The number of hydrogen-bond acceptors (Lipinski definition) is 5. The summed E-state index contributed by atoms with van der Waals surface area (Å²) in [5.74, 6) is 0.0847. The molecule has 0 saturated heterocycles. The Bertz CT molecular complexity index is 1590. The molecule has 296 valence electrons. The highest BCUT2D eigenvalue weighted by molar-refractivity contribution is 6.08. The maximum absolute atomic E-state index is 11.9. The number of carbonyl (C=O) groups is 1. The Morgan fingerprint density at radius 1 is 0.870 bits per heavy atom. The molecule has 0 spiro atoms. The van der Waals surface area contributed by atoms with Crippen molar-refractivity contribution >= 4 is 11.6 Å². The van der Waals surface area contributed by atoms with Crippen molar-refractivity contribution in [3.05, 3.63) is 169 Å². The molecule has 2 aliphatic carbocycles. The van der Waals surface area contributed by atoms with E-state index >= 15 is 0 Å². The topological polar surface area (TPSA) is 77.5 Å². The van der Waals surface area contributed by atoms with Crippen LogP contribution in [-0.4, -0.2) is 24.2 Å². The summed E-state index contributed by atoms with van der Waals surface area (Å²) in [5.41, 5.74) is 11.3. The first-order valence-corrected chi connectivity index (χ1v) is 19.2. The summed E-state index contributed by atoms with van der Waals surface area (Å²) < 4.78 is 0. The number of aliphatic imine (C=N–C) groups is 1. The van der Waals surface area contributed by atoms with Gasteiger partial charge in [0.2, 0.25) is 5.91 Å². The molecule has 2 atom stereocenters. The van der Waals surface area contributed by atoms with Crippen LogP contribution in [-0.2, 0) is 4.79 Å². The minimum Gasteiger partial charge on any atom is -0.383 e. The highest BCUT2D eigenvalue weighted by Gasteiger charge is 2.16. The second kappa shape index (κ2) is 28.4. The van der Waals surface area contributed by atoms with Crippen molar-refractivity contribution in [1.82, 2.24) is 21.3 Å². The molecule has 2 aliphatic rings. The fourth-order valence-corrected chi connectivity index (χ4v) is 4.52. The molecule has 0 aromatic heterocycles.